The first kappa shape index (κ1) is 29.8. The molecule has 3 aromatic heterocycles. The first-order valence-electron chi connectivity index (χ1n) is 16.0. The number of pyridine rings is 1. The van der Waals surface area contributed by atoms with Gasteiger partial charge in [0.25, 0.3) is 6.43 Å². The van der Waals surface area contributed by atoms with Gasteiger partial charge in [0.05, 0.1) is 24.2 Å². The van der Waals surface area contributed by atoms with Gasteiger partial charge in [-0.3, -0.25) is 9.55 Å². The third-order valence-electron chi connectivity index (χ3n) is 9.07. The lowest BCUT2D eigenvalue weighted by Gasteiger charge is -2.36. The lowest BCUT2D eigenvalue weighted by atomic mass is 9.86. The molecule has 4 aromatic rings. The highest BCUT2D eigenvalue weighted by atomic mass is 19.3. The minimum absolute atomic E-state index is 0.00939. The van der Waals surface area contributed by atoms with Crippen LogP contribution in [0.15, 0.2) is 54.9 Å². The highest BCUT2D eigenvalue weighted by Crippen LogP contribution is 2.32. The largest absolute Gasteiger partial charge is 0.490 e. The summed E-state index contributed by atoms with van der Waals surface area (Å²) in [6, 6.07) is 12.6. The highest BCUT2D eigenvalue weighted by molar-refractivity contribution is 5.78. The molecule has 45 heavy (non-hydrogen) atoms. The highest BCUT2D eigenvalue weighted by Gasteiger charge is 2.29. The van der Waals surface area contributed by atoms with Gasteiger partial charge in [-0.1, -0.05) is 12.1 Å². The van der Waals surface area contributed by atoms with Gasteiger partial charge in [-0.25, -0.2) is 13.8 Å². The number of benzene rings is 1. The number of nitrogens with zero attached hydrogens (tertiary/aromatic N) is 7. The van der Waals surface area contributed by atoms with Crippen LogP contribution in [-0.2, 0) is 4.74 Å². The maximum atomic E-state index is 14.2. The molecule has 1 aromatic carbocycles. The van der Waals surface area contributed by atoms with E-state index in [9.17, 15) is 8.78 Å². The fourth-order valence-electron chi connectivity index (χ4n) is 6.70. The summed E-state index contributed by atoms with van der Waals surface area (Å²) in [6.07, 6.45) is 7.10. The molecule has 0 radical (unpaired) electrons. The zero-order valence-corrected chi connectivity index (χ0v) is 25.3. The van der Waals surface area contributed by atoms with Gasteiger partial charge in [0.1, 0.15) is 23.8 Å². The summed E-state index contributed by atoms with van der Waals surface area (Å²) >= 11 is 0. The molecule has 3 aliphatic rings. The zero-order valence-electron chi connectivity index (χ0n) is 25.3. The van der Waals surface area contributed by atoms with Crippen LogP contribution in [0.4, 0.5) is 14.7 Å². The van der Waals surface area contributed by atoms with E-state index >= 15 is 0 Å². The van der Waals surface area contributed by atoms with Crippen LogP contribution in [0.1, 0.15) is 50.8 Å². The fraction of sp³-hybridized carbons (Fsp3) is 0.515. The number of piperidine rings is 1. The Bertz CT molecular complexity index is 1550. The van der Waals surface area contributed by atoms with Gasteiger partial charge in [-0.15, -0.1) is 0 Å². The third-order valence-corrected chi connectivity index (χ3v) is 9.07. The van der Waals surface area contributed by atoms with Crippen LogP contribution >= 0.6 is 0 Å². The van der Waals surface area contributed by atoms with Gasteiger partial charge >= 0.3 is 0 Å². The van der Waals surface area contributed by atoms with Crippen LogP contribution in [-0.4, -0.2) is 87.5 Å². The van der Waals surface area contributed by atoms with E-state index in [1.54, 1.807) is 36.7 Å². The molecular formula is C33H39F2N7O3. The van der Waals surface area contributed by atoms with Crippen LogP contribution < -0.4 is 14.4 Å². The second-order valence-corrected chi connectivity index (χ2v) is 12.1. The van der Waals surface area contributed by atoms with Gasteiger partial charge in [0, 0.05) is 51.2 Å². The molecule has 1 saturated carbocycles. The molecule has 7 rings (SSSR count). The van der Waals surface area contributed by atoms with Crippen molar-refractivity contribution >= 4 is 17.0 Å². The van der Waals surface area contributed by atoms with Gasteiger partial charge < -0.3 is 24.0 Å². The summed E-state index contributed by atoms with van der Waals surface area (Å²) in [5.41, 5.74) is 1.06. The summed E-state index contributed by atoms with van der Waals surface area (Å²) in [4.78, 5) is 22.4. The smallest absolute Gasteiger partial charge is 0.296 e. The van der Waals surface area contributed by atoms with Crippen molar-refractivity contribution in [3.8, 4) is 17.4 Å². The minimum atomic E-state index is -2.77. The molecule has 0 spiro atoms. The number of halogens is 2. The van der Waals surface area contributed by atoms with Crippen molar-refractivity contribution in [3.05, 3.63) is 60.7 Å². The normalized spacial score (nSPS) is 21.8. The van der Waals surface area contributed by atoms with Crippen LogP contribution in [0.3, 0.4) is 0 Å². The summed E-state index contributed by atoms with van der Waals surface area (Å²) in [6.45, 7) is 5.53. The molecule has 238 valence electrons. The van der Waals surface area contributed by atoms with E-state index in [0.29, 0.717) is 60.9 Å². The number of fused-ring (bicyclic) bond motifs is 1. The Kier molecular flexibility index (Phi) is 9.01. The molecule has 5 heterocycles. The van der Waals surface area contributed by atoms with E-state index < -0.39 is 6.43 Å². The average molecular weight is 620 g/mol. The number of aromatic nitrogens is 5. The average Bonchev–Trinajstić information content (AvgIpc) is 3.48. The number of alkyl halides is 2. The standard InChI is InChI=1S/C33H39F2N7O3/c34-31(35)32-37-27-3-1-2-4-28(27)42(32)29-21-30(39-33(38-29)41-17-19-43-20-18-41)45-24-7-5-23(6-8-24)22-40-15-11-26(12-16-40)44-25-9-13-36-14-10-25/h1-4,9-10,13-14,21,23-24,26,31H,5-8,11-12,15-20,22H2. The van der Waals surface area contributed by atoms with Gasteiger partial charge in [-0.2, -0.15) is 9.97 Å². The van der Waals surface area contributed by atoms with Crippen molar-refractivity contribution < 1.29 is 23.0 Å². The van der Waals surface area contributed by atoms with E-state index in [-0.39, 0.29) is 18.0 Å². The molecule has 2 aliphatic heterocycles. The Labute approximate surface area is 261 Å². The zero-order chi connectivity index (χ0) is 30.6. The predicted molar refractivity (Wildman–Crippen MR) is 165 cm³/mol. The van der Waals surface area contributed by atoms with Crippen LogP contribution in [0, 0.1) is 5.92 Å². The number of rotatable bonds is 9. The number of para-hydroxylation sites is 2. The molecule has 0 atom stereocenters. The monoisotopic (exact) mass is 619 g/mol. The van der Waals surface area contributed by atoms with Crippen molar-refractivity contribution in [3.63, 3.8) is 0 Å². The Morgan fingerprint density at radius 3 is 2.31 bits per heavy atom. The van der Waals surface area contributed by atoms with Crippen molar-refractivity contribution in [1.82, 2.24) is 29.4 Å². The van der Waals surface area contributed by atoms with E-state index in [4.69, 9.17) is 24.2 Å². The number of morpholine rings is 1. The fourth-order valence-corrected chi connectivity index (χ4v) is 6.70. The lowest BCUT2D eigenvalue weighted by Crippen LogP contribution is -2.41. The summed E-state index contributed by atoms with van der Waals surface area (Å²) in [5, 5.41) is 0. The van der Waals surface area contributed by atoms with Crippen LogP contribution in [0.5, 0.6) is 11.6 Å². The molecule has 10 nitrogen and oxygen atoms in total. The maximum Gasteiger partial charge on any atom is 0.296 e. The molecule has 1 aliphatic carbocycles. The van der Waals surface area contributed by atoms with E-state index in [1.807, 2.05) is 23.1 Å². The van der Waals surface area contributed by atoms with Gasteiger partial charge in [-0.05, 0) is 68.7 Å². The second kappa shape index (κ2) is 13.6. The van der Waals surface area contributed by atoms with Crippen molar-refractivity contribution in [2.45, 2.75) is 57.2 Å². The number of ether oxygens (including phenoxy) is 3. The second-order valence-electron chi connectivity index (χ2n) is 12.1. The maximum absolute atomic E-state index is 14.2. The van der Waals surface area contributed by atoms with Crippen LogP contribution in [0.25, 0.3) is 16.9 Å². The Hall–Kier alpha value is -3.90. The molecular weight excluding hydrogens is 580 g/mol. The first-order valence-corrected chi connectivity index (χ1v) is 16.0. The molecule has 3 fully saturated rings. The summed E-state index contributed by atoms with van der Waals surface area (Å²) in [7, 11) is 0. The minimum Gasteiger partial charge on any atom is -0.490 e. The molecule has 0 unspecified atom stereocenters. The summed E-state index contributed by atoms with van der Waals surface area (Å²) in [5.74, 6) is 2.35. The summed E-state index contributed by atoms with van der Waals surface area (Å²) < 4.78 is 48.0. The molecule has 0 N–H and O–H groups in total. The van der Waals surface area contributed by atoms with E-state index in [0.717, 1.165) is 63.9 Å². The number of hydrogen-bond acceptors (Lipinski definition) is 9. The predicted octanol–water partition coefficient (Wildman–Crippen LogP) is 5.47. The van der Waals surface area contributed by atoms with Gasteiger partial charge in [0.15, 0.2) is 5.82 Å². The number of likely N-dealkylation sites (tertiary alicyclic amines) is 1. The van der Waals surface area contributed by atoms with E-state index in [2.05, 4.69) is 14.9 Å². The molecule has 0 amide bonds. The van der Waals surface area contributed by atoms with Crippen molar-refractivity contribution in [2.24, 2.45) is 5.92 Å². The van der Waals surface area contributed by atoms with Crippen molar-refractivity contribution in [2.75, 3.05) is 50.8 Å². The lowest BCUT2D eigenvalue weighted by molar-refractivity contribution is 0.0718. The third kappa shape index (κ3) is 7.01. The first-order chi connectivity index (χ1) is 22.1. The van der Waals surface area contributed by atoms with Gasteiger partial charge in [0.2, 0.25) is 11.8 Å². The quantitative estimate of drug-likeness (QED) is 0.242. The Morgan fingerprint density at radius 1 is 0.822 bits per heavy atom. The molecule has 0 bridgehead atoms. The van der Waals surface area contributed by atoms with Crippen LogP contribution in [0.2, 0.25) is 0 Å². The van der Waals surface area contributed by atoms with Crippen molar-refractivity contribution in [1.29, 1.82) is 0 Å². The van der Waals surface area contributed by atoms with E-state index in [1.165, 1.54) is 4.57 Å². The molecule has 2 saturated heterocycles. The Balaban J connectivity index is 1.01. The number of anilines is 1. The number of hydrogen-bond donors (Lipinski definition) is 0. The topological polar surface area (TPSA) is 90.7 Å². The molecule has 12 heteroatoms. The SMILES string of the molecule is FC(F)c1nc2ccccc2n1-c1cc(OC2CCC(CN3CCC(Oc4ccncc4)CC3)CC2)nc(N2CCOCC2)n1. The Morgan fingerprint density at radius 2 is 1.56 bits per heavy atom. The number of imidazole rings is 1.